The van der Waals surface area contributed by atoms with E-state index in [0.717, 1.165) is 10.0 Å². The molecule has 0 saturated heterocycles. The lowest BCUT2D eigenvalue weighted by Gasteiger charge is -2.20. The molecule has 0 bridgehead atoms. The van der Waals surface area contributed by atoms with E-state index in [0.29, 0.717) is 5.75 Å². The summed E-state index contributed by atoms with van der Waals surface area (Å²) in [6.45, 7) is 1.84. The molecule has 0 aliphatic rings. The van der Waals surface area contributed by atoms with E-state index in [9.17, 15) is 9.59 Å². The fraction of sp³-hybridized carbons (Fsp3) is 0.429. The van der Waals surface area contributed by atoms with Crippen LogP contribution in [0.15, 0.2) is 28.7 Å². The molecule has 0 aliphatic heterocycles. The molecule has 1 amide bonds. The lowest BCUT2D eigenvalue weighted by Crippen LogP contribution is -2.35. The van der Waals surface area contributed by atoms with E-state index in [1.165, 1.54) is 0 Å². The minimum atomic E-state index is -0.937. The minimum Gasteiger partial charge on any atom is -0.481 e. The van der Waals surface area contributed by atoms with Crippen molar-refractivity contribution >= 4 is 39.6 Å². The quantitative estimate of drug-likeness (QED) is 0.784. The van der Waals surface area contributed by atoms with Gasteiger partial charge in [0.2, 0.25) is 5.91 Å². The number of hydrogen-bond donors (Lipinski definition) is 2. The van der Waals surface area contributed by atoms with Crippen LogP contribution in [0.2, 0.25) is 0 Å². The van der Waals surface area contributed by atoms with E-state index >= 15 is 0 Å². The van der Waals surface area contributed by atoms with Crippen LogP contribution in [0.25, 0.3) is 0 Å². The second kappa shape index (κ2) is 8.32. The highest BCUT2D eigenvalue weighted by Crippen LogP contribution is 2.21. The Balaban J connectivity index is 2.85. The third kappa shape index (κ3) is 5.54. The summed E-state index contributed by atoms with van der Waals surface area (Å²) < 4.78 is 0.858. The first-order chi connectivity index (χ1) is 9.43. The van der Waals surface area contributed by atoms with Crippen molar-refractivity contribution < 1.29 is 14.7 Å². The Bertz CT molecular complexity index is 481. The first kappa shape index (κ1) is 17.0. The zero-order valence-corrected chi connectivity index (χ0v) is 13.8. The molecule has 1 rings (SSSR count). The highest BCUT2D eigenvalue weighted by molar-refractivity contribution is 9.10. The van der Waals surface area contributed by atoms with E-state index in [-0.39, 0.29) is 18.2 Å². The highest BCUT2D eigenvalue weighted by Gasteiger charge is 2.21. The molecule has 1 aromatic rings. The SMILES string of the molecule is CSCC(C)C(=O)NC(CC(=O)O)c1cccc(Br)c1. The summed E-state index contributed by atoms with van der Waals surface area (Å²) in [7, 11) is 0. The van der Waals surface area contributed by atoms with Crippen LogP contribution in [0.5, 0.6) is 0 Å². The molecule has 1 aromatic carbocycles. The van der Waals surface area contributed by atoms with Crippen molar-refractivity contribution in [2.24, 2.45) is 5.92 Å². The standard InChI is InChI=1S/C14H18BrNO3S/c1-9(8-20-2)14(19)16-12(7-13(17)18)10-4-3-5-11(15)6-10/h3-6,9,12H,7-8H2,1-2H3,(H,16,19)(H,17,18). The summed E-state index contributed by atoms with van der Waals surface area (Å²) in [5, 5.41) is 11.8. The molecular weight excluding hydrogens is 342 g/mol. The predicted octanol–water partition coefficient (Wildman–Crippen LogP) is 3.08. The zero-order chi connectivity index (χ0) is 15.1. The Morgan fingerprint density at radius 1 is 1.45 bits per heavy atom. The second-order valence-electron chi connectivity index (χ2n) is 4.57. The molecular formula is C14H18BrNO3S. The lowest BCUT2D eigenvalue weighted by atomic mass is 10.0. The normalized spacial score (nSPS) is 13.6. The van der Waals surface area contributed by atoms with Crippen molar-refractivity contribution in [3.63, 3.8) is 0 Å². The number of carboxylic acid groups (broad SMARTS) is 1. The molecule has 0 aliphatic carbocycles. The maximum atomic E-state index is 12.1. The van der Waals surface area contributed by atoms with Crippen LogP contribution in [-0.2, 0) is 9.59 Å². The predicted molar refractivity (Wildman–Crippen MR) is 84.8 cm³/mol. The molecule has 20 heavy (non-hydrogen) atoms. The number of benzene rings is 1. The second-order valence-corrected chi connectivity index (χ2v) is 6.40. The molecule has 0 radical (unpaired) electrons. The highest BCUT2D eigenvalue weighted by atomic mass is 79.9. The first-order valence-electron chi connectivity index (χ1n) is 6.20. The van der Waals surface area contributed by atoms with Gasteiger partial charge in [-0.05, 0) is 24.0 Å². The molecule has 2 N–H and O–H groups in total. The van der Waals surface area contributed by atoms with Gasteiger partial charge in [0, 0.05) is 16.1 Å². The molecule has 110 valence electrons. The summed E-state index contributed by atoms with van der Waals surface area (Å²) in [5.41, 5.74) is 0.784. The summed E-state index contributed by atoms with van der Waals surface area (Å²) >= 11 is 4.95. The Labute approximate surface area is 131 Å². The number of carbonyl (C=O) groups excluding carboxylic acids is 1. The van der Waals surface area contributed by atoms with Gasteiger partial charge in [-0.1, -0.05) is 35.0 Å². The van der Waals surface area contributed by atoms with Crippen molar-refractivity contribution in [1.29, 1.82) is 0 Å². The van der Waals surface area contributed by atoms with Gasteiger partial charge in [0.05, 0.1) is 12.5 Å². The third-order valence-electron chi connectivity index (χ3n) is 2.81. The van der Waals surface area contributed by atoms with Gasteiger partial charge in [-0.25, -0.2) is 0 Å². The maximum Gasteiger partial charge on any atom is 0.305 e. The number of carboxylic acids is 1. The number of amides is 1. The average Bonchev–Trinajstić information content (AvgIpc) is 2.37. The minimum absolute atomic E-state index is 0.120. The topological polar surface area (TPSA) is 66.4 Å². The molecule has 4 nitrogen and oxygen atoms in total. The van der Waals surface area contributed by atoms with Crippen molar-refractivity contribution in [3.8, 4) is 0 Å². The Morgan fingerprint density at radius 3 is 2.70 bits per heavy atom. The molecule has 0 spiro atoms. The van der Waals surface area contributed by atoms with Crippen LogP contribution >= 0.6 is 27.7 Å². The fourth-order valence-electron chi connectivity index (χ4n) is 1.79. The van der Waals surface area contributed by atoms with Crippen LogP contribution < -0.4 is 5.32 Å². The number of carbonyl (C=O) groups is 2. The maximum absolute atomic E-state index is 12.1. The van der Waals surface area contributed by atoms with Crippen molar-refractivity contribution in [2.75, 3.05) is 12.0 Å². The van der Waals surface area contributed by atoms with Crippen LogP contribution in [0.1, 0.15) is 24.9 Å². The van der Waals surface area contributed by atoms with Gasteiger partial charge < -0.3 is 10.4 Å². The molecule has 0 fully saturated rings. The van der Waals surface area contributed by atoms with Crippen molar-refractivity contribution in [1.82, 2.24) is 5.32 Å². The average molecular weight is 360 g/mol. The summed E-state index contributed by atoms with van der Waals surface area (Å²) in [6.07, 6.45) is 1.81. The van der Waals surface area contributed by atoms with E-state index in [1.807, 2.05) is 37.4 Å². The molecule has 2 atom stereocenters. The van der Waals surface area contributed by atoms with Gasteiger partial charge in [-0.2, -0.15) is 11.8 Å². The Hall–Kier alpha value is -1.01. The number of thioether (sulfide) groups is 1. The van der Waals surface area contributed by atoms with Gasteiger partial charge in [0.15, 0.2) is 0 Å². The number of hydrogen-bond acceptors (Lipinski definition) is 3. The van der Waals surface area contributed by atoms with Crippen molar-refractivity contribution in [3.05, 3.63) is 34.3 Å². The zero-order valence-electron chi connectivity index (χ0n) is 11.4. The lowest BCUT2D eigenvalue weighted by molar-refractivity contribution is -0.137. The number of rotatable bonds is 7. The van der Waals surface area contributed by atoms with Gasteiger partial charge in [-0.3, -0.25) is 9.59 Å². The van der Waals surface area contributed by atoms with Gasteiger partial charge in [0.25, 0.3) is 0 Å². The first-order valence-corrected chi connectivity index (χ1v) is 8.39. The largest absolute Gasteiger partial charge is 0.481 e. The van der Waals surface area contributed by atoms with Crippen LogP contribution in [0, 0.1) is 5.92 Å². The summed E-state index contributed by atoms with van der Waals surface area (Å²) in [6, 6.07) is 6.82. The van der Waals surface area contributed by atoms with Crippen molar-refractivity contribution in [2.45, 2.75) is 19.4 Å². The van der Waals surface area contributed by atoms with E-state index in [4.69, 9.17) is 5.11 Å². The summed E-state index contributed by atoms with van der Waals surface area (Å²) in [4.78, 5) is 23.0. The van der Waals surface area contributed by atoms with Gasteiger partial charge in [0.1, 0.15) is 0 Å². The van der Waals surface area contributed by atoms with Crippen LogP contribution in [0.4, 0.5) is 0 Å². The number of halogens is 1. The smallest absolute Gasteiger partial charge is 0.305 e. The number of nitrogens with one attached hydrogen (secondary N) is 1. The molecule has 0 heterocycles. The van der Waals surface area contributed by atoms with Gasteiger partial charge in [-0.15, -0.1) is 0 Å². The fourth-order valence-corrected chi connectivity index (χ4v) is 2.86. The van der Waals surface area contributed by atoms with E-state index < -0.39 is 12.0 Å². The molecule has 0 saturated carbocycles. The molecule has 2 unspecified atom stereocenters. The molecule has 6 heteroatoms. The van der Waals surface area contributed by atoms with E-state index in [2.05, 4.69) is 21.2 Å². The monoisotopic (exact) mass is 359 g/mol. The number of aliphatic carboxylic acids is 1. The Morgan fingerprint density at radius 2 is 2.15 bits per heavy atom. The van der Waals surface area contributed by atoms with Crippen LogP contribution in [-0.4, -0.2) is 29.0 Å². The van der Waals surface area contributed by atoms with Crippen LogP contribution in [0.3, 0.4) is 0 Å². The van der Waals surface area contributed by atoms with Gasteiger partial charge >= 0.3 is 5.97 Å². The summed E-state index contributed by atoms with van der Waals surface area (Å²) in [5.74, 6) is -0.490. The Kier molecular flexibility index (Phi) is 7.09. The molecule has 0 aromatic heterocycles. The third-order valence-corrected chi connectivity index (χ3v) is 4.14. The van der Waals surface area contributed by atoms with E-state index in [1.54, 1.807) is 11.8 Å².